The van der Waals surface area contributed by atoms with E-state index in [0.29, 0.717) is 0 Å². The van der Waals surface area contributed by atoms with Crippen molar-refractivity contribution in [3.05, 3.63) is 47.4 Å². The summed E-state index contributed by atoms with van der Waals surface area (Å²) in [7, 11) is -3.84. The number of hydrogen-bond acceptors (Lipinski definition) is 4. The third-order valence-electron chi connectivity index (χ3n) is 2.25. The lowest BCUT2D eigenvalue weighted by Crippen LogP contribution is -2.13. The monoisotopic (exact) mass is 301 g/mol. The maximum atomic E-state index is 12.7. The van der Waals surface area contributed by atoms with Gasteiger partial charge in [-0.1, -0.05) is 11.6 Å². The van der Waals surface area contributed by atoms with E-state index in [4.69, 9.17) is 17.3 Å². The Morgan fingerprint density at radius 2 is 1.89 bits per heavy atom. The number of halogens is 2. The maximum absolute atomic E-state index is 12.7. The number of nitrogen functional groups attached to an aromatic ring is 1. The van der Waals surface area contributed by atoms with E-state index in [1.807, 2.05) is 0 Å². The minimum absolute atomic E-state index is 0.0435. The van der Waals surface area contributed by atoms with Crippen LogP contribution in [0, 0.1) is 5.82 Å². The van der Waals surface area contributed by atoms with Crippen molar-refractivity contribution in [2.45, 2.75) is 4.90 Å². The van der Waals surface area contributed by atoms with E-state index in [1.54, 1.807) is 0 Å². The van der Waals surface area contributed by atoms with Gasteiger partial charge in [0.2, 0.25) is 0 Å². The zero-order valence-corrected chi connectivity index (χ0v) is 11.0. The molecule has 0 atom stereocenters. The highest BCUT2D eigenvalue weighted by atomic mass is 35.5. The molecule has 1 aromatic carbocycles. The summed E-state index contributed by atoms with van der Waals surface area (Å²) in [5.41, 5.74) is 5.63. The molecule has 2 aromatic rings. The summed E-state index contributed by atoms with van der Waals surface area (Å²) < 4.78 is 39.0. The third-order valence-corrected chi connectivity index (χ3v) is 3.90. The number of rotatable bonds is 3. The number of nitrogens with one attached hydrogen (secondary N) is 1. The molecule has 1 aromatic heterocycles. The molecule has 0 radical (unpaired) electrons. The molecule has 3 N–H and O–H groups in total. The van der Waals surface area contributed by atoms with E-state index in [2.05, 4.69) is 9.71 Å². The Morgan fingerprint density at radius 1 is 1.26 bits per heavy atom. The van der Waals surface area contributed by atoms with E-state index in [9.17, 15) is 12.8 Å². The van der Waals surface area contributed by atoms with Gasteiger partial charge in [0.05, 0.1) is 5.02 Å². The second kappa shape index (κ2) is 5.02. The number of sulfonamides is 1. The van der Waals surface area contributed by atoms with E-state index >= 15 is 0 Å². The summed E-state index contributed by atoms with van der Waals surface area (Å²) in [6.07, 6.45) is 1.09. The fourth-order valence-corrected chi connectivity index (χ4v) is 2.57. The summed E-state index contributed by atoms with van der Waals surface area (Å²) in [4.78, 5) is 3.54. The molecule has 1 heterocycles. The first-order valence-electron chi connectivity index (χ1n) is 5.08. The molecular formula is C11H9ClFN3O2S. The molecule has 0 saturated heterocycles. The Morgan fingerprint density at radius 3 is 2.47 bits per heavy atom. The lowest BCUT2D eigenvalue weighted by molar-refractivity contribution is 0.600. The summed E-state index contributed by atoms with van der Waals surface area (Å²) >= 11 is 5.71. The first-order chi connectivity index (χ1) is 8.88. The zero-order valence-electron chi connectivity index (χ0n) is 9.47. The normalized spacial score (nSPS) is 11.3. The van der Waals surface area contributed by atoms with Crippen LogP contribution in [-0.2, 0) is 10.0 Å². The molecule has 100 valence electrons. The molecule has 19 heavy (non-hydrogen) atoms. The second-order valence-corrected chi connectivity index (χ2v) is 5.74. The van der Waals surface area contributed by atoms with Crippen LogP contribution in [0.2, 0.25) is 5.02 Å². The summed E-state index contributed by atoms with van der Waals surface area (Å²) in [5, 5.41) is 0.0435. The van der Waals surface area contributed by atoms with Crippen molar-refractivity contribution in [1.82, 2.24) is 4.98 Å². The van der Waals surface area contributed by atoms with E-state index in [0.717, 1.165) is 18.3 Å². The number of benzene rings is 1. The SMILES string of the molecule is Nc1ncc(S(=O)(=O)Nc2ccc(F)cc2)cc1Cl. The van der Waals surface area contributed by atoms with Crippen molar-refractivity contribution >= 4 is 33.1 Å². The minimum atomic E-state index is -3.84. The average Bonchev–Trinajstić information content (AvgIpc) is 2.35. The van der Waals surface area contributed by atoms with Crippen molar-refractivity contribution in [3.63, 3.8) is 0 Å². The number of hydrogen-bond donors (Lipinski definition) is 2. The van der Waals surface area contributed by atoms with Crippen LogP contribution in [-0.4, -0.2) is 13.4 Å². The summed E-state index contributed by atoms with van der Waals surface area (Å²) in [5.74, 6) is -0.414. The van der Waals surface area contributed by atoms with Crippen LogP contribution in [0.5, 0.6) is 0 Å². The highest BCUT2D eigenvalue weighted by Gasteiger charge is 2.16. The van der Waals surface area contributed by atoms with Gasteiger partial charge in [-0.25, -0.2) is 17.8 Å². The Bertz CT molecular complexity index is 704. The molecule has 0 aliphatic heterocycles. The number of nitrogens with zero attached hydrogens (tertiary/aromatic N) is 1. The van der Waals surface area contributed by atoms with Gasteiger partial charge in [-0.15, -0.1) is 0 Å². The molecule has 8 heteroatoms. The topological polar surface area (TPSA) is 85.1 Å². The lowest BCUT2D eigenvalue weighted by Gasteiger charge is -2.08. The minimum Gasteiger partial charge on any atom is -0.382 e. The standard InChI is InChI=1S/C11H9ClFN3O2S/c12-10-5-9(6-15-11(10)14)19(17,18)16-8-3-1-7(13)2-4-8/h1-6,16H,(H2,14,15). The molecule has 5 nitrogen and oxygen atoms in total. The summed E-state index contributed by atoms with van der Waals surface area (Å²) in [6, 6.07) is 6.09. The predicted molar refractivity (Wildman–Crippen MR) is 70.9 cm³/mol. The molecule has 0 unspecified atom stereocenters. The first-order valence-corrected chi connectivity index (χ1v) is 6.94. The highest BCUT2D eigenvalue weighted by molar-refractivity contribution is 7.92. The predicted octanol–water partition coefficient (Wildman–Crippen LogP) is 2.26. The van der Waals surface area contributed by atoms with Crippen LogP contribution in [0.3, 0.4) is 0 Å². The number of pyridine rings is 1. The largest absolute Gasteiger partial charge is 0.382 e. The quantitative estimate of drug-likeness (QED) is 0.910. The number of aromatic nitrogens is 1. The summed E-state index contributed by atoms with van der Waals surface area (Å²) in [6.45, 7) is 0. The zero-order chi connectivity index (χ0) is 14.0. The molecule has 0 aliphatic carbocycles. The molecular weight excluding hydrogens is 293 g/mol. The van der Waals surface area contributed by atoms with Gasteiger partial charge in [0.1, 0.15) is 16.5 Å². The van der Waals surface area contributed by atoms with Crippen LogP contribution < -0.4 is 10.5 Å². The molecule has 2 rings (SSSR count). The Kier molecular flexibility index (Phi) is 3.59. The van der Waals surface area contributed by atoms with Crippen molar-refractivity contribution in [2.24, 2.45) is 0 Å². The number of nitrogens with two attached hydrogens (primary N) is 1. The molecule has 0 spiro atoms. The Hall–Kier alpha value is -1.86. The molecule has 0 amide bonds. The van der Waals surface area contributed by atoms with Gasteiger partial charge in [-0.2, -0.15) is 0 Å². The fourth-order valence-electron chi connectivity index (χ4n) is 1.31. The van der Waals surface area contributed by atoms with Crippen LogP contribution in [0.1, 0.15) is 0 Å². The maximum Gasteiger partial charge on any atom is 0.263 e. The number of anilines is 2. The van der Waals surface area contributed by atoms with Crippen molar-refractivity contribution in [3.8, 4) is 0 Å². The van der Waals surface area contributed by atoms with E-state index in [-0.39, 0.29) is 21.4 Å². The van der Waals surface area contributed by atoms with Gasteiger partial charge in [0.25, 0.3) is 10.0 Å². The molecule has 0 aliphatic rings. The molecule has 0 saturated carbocycles. The van der Waals surface area contributed by atoms with Gasteiger partial charge in [0, 0.05) is 11.9 Å². The van der Waals surface area contributed by atoms with Crippen LogP contribution in [0.4, 0.5) is 15.9 Å². The third kappa shape index (κ3) is 3.12. The molecule has 0 bridgehead atoms. The van der Waals surface area contributed by atoms with Gasteiger partial charge in [0.15, 0.2) is 0 Å². The average molecular weight is 302 g/mol. The lowest BCUT2D eigenvalue weighted by atomic mass is 10.3. The van der Waals surface area contributed by atoms with E-state index < -0.39 is 15.8 Å². The van der Waals surface area contributed by atoms with Crippen molar-refractivity contribution < 1.29 is 12.8 Å². The van der Waals surface area contributed by atoms with Gasteiger partial charge in [-0.05, 0) is 30.3 Å². The van der Waals surface area contributed by atoms with Crippen LogP contribution in [0.25, 0.3) is 0 Å². The van der Waals surface area contributed by atoms with E-state index in [1.165, 1.54) is 18.2 Å². The van der Waals surface area contributed by atoms with Gasteiger partial charge >= 0.3 is 0 Å². The fraction of sp³-hybridized carbons (Fsp3) is 0. The Balaban J connectivity index is 2.32. The van der Waals surface area contributed by atoms with Gasteiger partial charge < -0.3 is 5.73 Å². The van der Waals surface area contributed by atoms with Crippen LogP contribution in [0.15, 0.2) is 41.4 Å². The Labute approximate surface area is 114 Å². The highest BCUT2D eigenvalue weighted by Crippen LogP contribution is 2.22. The van der Waals surface area contributed by atoms with Crippen LogP contribution >= 0.6 is 11.6 Å². The first kappa shape index (κ1) is 13.6. The molecule has 0 fully saturated rings. The van der Waals surface area contributed by atoms with Crippen molar-refractivity contribution in [1.29, 1.82) is 0 Å². The van der Waals surface area contributed by atoms with Crippen molar-refractivity contribution in [2.75, 3.05) is 10.5 Å². The van der Waals surface area contributed by atoms with Gasteiger partial charge in [-0.3, -0.25) is 4.72 Å². The smallest absolute Gasteiger partial charge is 0.263 e. The second-order valence-electron chi connectivity index (χ2n) is 3.65.